The molecule has 0 fully saturated rings. The topological polar surface area (TPSA) is 130 Å². The van der Waals surface area contributed by atoms with Crippen molar-refractivity contribution in [2.45, 2.75) is 18.0 Å². The summed E-state index contributed by atoms with van der Waals surface area (Å²) in [5.41, 5.74) is 2.18. The van der Waals surface area contributed by atoms with Gasteiger partial charge in [-0.3, -0.25) is 9.59 Å². The second-order valence-electron chi connectivity index (χ2n) is 6.70. The zero-order valence-corrected chi connectivity index (χ0v) is 16.6. The van der Waals surface area contributed by atoms with Crippen LogP contribution in [0.1, 0.15) is 16.1 Å². The predicted molar refractivity (Wildman–Crippen MR) is 111 cm³/mol. The van der Waals surface area contributed by atoms with E-state index in [0.717, 1.165) is 5.56 Å². The van der Waals surface area contributed by atoms with Crippen LogP contribution in [0, 0.1) is 6.92 Å². The monoisotopic (exact) mass is 426 g/mol. The Labute approximate surface area is 172 Å². The van der Waals surface area contributed by atoms with Crippen molar-refractivity contribution in [2.24, 2.45) is 0 Å². The molecule has 10 heteroatoms. The van der Waals surface area contributed by atoms with E-state index in [1.807, 2.05) is 6.92 Å². The molecule has 0 spiro atoms. The third-order valence-corrected chi connectivity index (χ3v) is 5.90. The van der Waals surface area contributed by atoms with E-state index in [2.05, 4.69) is 20.7 Å². The van der Waals surface area contributed by atoms with Crippen LogP contribution < -0.4 is 20.7 Å². The van der Waals surface area contributed by atoms with Crippen molar-refractivity contribution in [1.82, 2.24) is 4.72 Å². The van der Waals surface area contributed by atoms with E-state index in [1.165, 1.54) is 12.3 Å². The van der Waals surface area contributed by atoms with Gasteiger partial charge in [-0.05, 0) is 61.0 Å². The van der Waals surface area contributed by atoms with Gasteiger partial charge in [-0.15, -0.1) is 0 Å². The van der Waals surface area contributed by atoms with Crippen LogP contribution in [0.15, 0.2) is 70.2 Å². The van der Waals surface area contributed by atoms with E-state index < -0.39 is 28.0 Å². The van der Waals surface area contributed by atoms with Crippen molar-refractivity contribution in [3.8, 4) is 0 Å². The zero-order valence-electron chi connectivity index (χ0n) is 15.8. The number of amides is 2. The van der Waals surface area contributed by atoms with Crippen LogP contribution in [0.2, 0.25) is 0 Å². The highest BCUT2D eigenvalue weighted by atomic mass is 32.2. The summed E-state index contributed by atoms with van der Waals surface area (Å²) in [6, 6.07) is 14.4. The average molecular weight is 426 g/mol. The first-order valence-electron chi connectivity index (χ1n) is 8.97. The lowest BCUT2D eigenvalue weighted by Crippen LogP contribution is -2.51. The number of anilines is 3. The van der Waals surface area contributed by atoms with Crippen molar-refractivity contribution in [3.05, 3.63) is 72.2 Å². The predicted octanol–water partition coefficient (Wildman–Crippen LogP) is 2.51. The van der Waals surface area contributed by atoms with Gasteiger partial charge in [0.05, 0.1) is 12.0 Å². The molecular formula is C20H18N4O5S. The van der Waals surface area contributed by atoms with Gasteiger partial charge in [-0.1, -0.05) is 6.07 Å². The molecule has 0 aliphatic carbocycles. The Bertz CT molecular complexity index is 1200. The van der Waals surface area contributed by atoms with E-state index in [4.69, 9.17) is 4.42 Å². The number of rotatable bonds is 4. The molecule has 1 atom stereocenters. The van der Waals surface area contributed by atoms with E-state index in [1.54, 1.807) is 48.5 Å². The third-order valence-electron chi connectivity index (χ3n) is 4.41. The lowest BCUT2D eigenvalue weighted by molar-refractivity contribution is -0.117. The highest BCUT2D eigenvalue weighted by Crippen LogP contribution is 2.27. The van der Waals surface area contributed by atoms with Gasteiger partial charge in [-0.25, -0.2) is 8.42 Å². The van der Waals surface area contributed by atoms with Gasteiger partial charge in [0, 0.05) is 11.4 Å². The Morgan fingerprint density at radius 3 is 2.37 bits per heavy atom. The van der Waals surface area contributed by atoms with Crippen molar-refractivity contribution in [1.29, 1.82) is 0 Å². The molecule has 30 heavy (non-hydrogen) atoms. The highest BCUT2D eigenvalue weighted by molar-refractivity contribution is 7.89. The summed E-state index contributed by atoms with van der Waals surface area (Å²) >= 11 is 0. The number of hydrogen-bond donors (Lipinski definition) is 4. The van der Waals surface area contributed by atoms with Crippen LogP contribution in [-0.4, -0.2) is 26.4 Å². The van der Waals surface area contributed by atoms with E-state index in [9.17, 15) is 18.0 Å². The summed E-state index contributed by atoms with van der Waals surface area (Å²) in [4.78, 5) is 24.7. The molecule has 1 aromatic heterocycles. The summed E-state index contributed by atoms with van der Waals surface area (Å²) in [5.74, 6) is -0.789. The van der Waals surface area contributed by atoms with Crippen LogP contribution in [0.25, 0.3) is 0 Å². The Hall–Kier alpha value is -3.63. The molecule has 2 heterocycles. The van der Waals surface area contributed by atoms with E-state index in [0.29, 0.717) is 17.1 Å². The quantitative estimate of drug-likeness (QED) is 0.507. The fraction of sp³-hybridized carbons (Fsp3) is 0.100. The molecule has 1 aliphatic heterocycles. The van der Waals surface area contributed by atoms with Crippen LogP contribution >= 0.6 is 0 Å². The fourth-order valence-electron chi connectivity index (χ4n) is 2.97. The number of carbonyl (C=O) groups is 2. The van der Waals surface area contributed by atoms with E-state index >= 15 is 0 Å². The van der Waals surface area contributed by atoms with Crippen LogP contribution in [0.3, 0.4) is 0 Å². The molecule has 0 unspecified atom stereocenters. The minimum absolute atomic E-state index is 0.0915. The van der Waals surface area contributed by atoms with E-state index in [-0.39, 0.29) is 10.7 Å². The summed E-state index contributed by atoms with van der Waals surface area (Å²) in [6.07, 6.45) is 0.239. The van der Waals surface area contributed by atoms with Gasteiger partial charge in [0.15, 0.2) is 11.9 Å². The molecule has 2 amide bonds. The molecule has 1 aliphatic rings. The van der Waals surface area contributed by atoms with Crippen molar-refractivity contribution >= 4 is 38.9 Å². The Morgan fingerprint density at radius 2 is 1.70 bits per heavy atom. The zero-order chi connectivity index (χ0) is 21.3. The Morgan fingerprint density at radius 1 is 1.00 bits per heavy atom. The van der Waals surface area contributed by atoms with Crippen molar-refractivity contribution in [3.63, 3.8) is 0 Å². The standard InChI is InChI=1S/C20H18N4O5S/c1-12-4-9-17-15(11-12)23-18(24-30(17,27)28)20(26)22-14-7-5-13(6-8-14)21-19(25)16-3-2-10-29-16/h2-11,18,23-24H,1H3,(H,21,25)(H,22,26)/t18-/m1/s1. The number of furan rings is 1. The molecule has 4 rings (SSSR count). The minimum Gasteiger partial charge on any atom is -0.459 e. The lowest BCUT2D eigenvalue weighted by atomic mass is 10.2. The maximum Gasteiger partial charge on any atom is 0.291 e. The summed E-state index contributed by atoms with van der Waals surface area (Å²) < 4.78 is 32.2. The van der Waals surface area contributed by atoms with Crippen molar-refractivity contribution in [2.75, 3.05) is 16.0 Å². The van der Waals surface area contributed by atoms with Crippen molar-refractivity contribution < 1.29 is 22.4 Å². The number of nitrogens with one attached hydrogen (secondary N) is 4. The normalized spacial score (nSPS) is 16.8. The molecule has 0 saturated carbocycles. The Balaban J connectivity index is 1.43. The molecule has 154 valence electrons. The highest BCUT2D eigenvalue weighted by Gasteiger charge is 2.33. The second-order valence-corrected chi connectivity index (χ2v) is 8.38. The van der Waals surface area contributed by atoms with Gasteiger partial charge in [0.1, 0.15) is 4.90 Å². The summed E-state index contributed by atoms with van der Waals surface area (Å²) in [5, 5.41) is 8.21. The molecular weight excluding hydrogens is 408 g/mol. The maximum absolute atomic E-state index is 12.6. The summed E-state index contributed by atoms with van der Waals surface area (Å²) in [6.45, 7) is 1.83. The molecule has 0 bridgehead atoms. The van der Waals surface area contributed by atoms with Crippen LogP contribution in [0.5, 0.6) is 0 Å². The molecule has 0 radical (unpaired) electrons. The molecule has 0 saturated heterocycles. The third kappa shape index (κ3) is 4.04. The second kappa shape index (κ2) is 7.65. The number of fused-ring (bicyclic) bond motifs is 1. The first-order valence-corrected chi connectivity index (χ1v) is 10.5. The first-order chi connectivity index (χ1) is 14.3. The number of benzene rings is 2. The maximum atomic E-state index is 12.6. The lowest BCUT2D eigenvalue weighted by Gasteiger charge is -2.27. The fourth-order valence-corrected chi connectivity index (χ4v) is 4.22. The molecule has 3 aromatic rings. The SMILES string of the molecule is Cc1ccc2c(c1)N[C@@H](C(=O)Nc1ccc(NC(=O)c3ccco3)cc1)NS2(=O)=O. The van der Waals surface area contributed by atoms with Gasteiger partial charge in [-0.2, -0.15) is 4.72 Å². The van der Waals surface area contributed by atoms with Gasteiger partial charge in [0.2, 0.25) is 10.0 Å². The largest absolute Gasteiger partial charge is 0.459 e. The minimum atomic E-state index is -3.82. The summed E-state index contributed by atoms with van der Waals surface area (Å²) in [7, 11) is -3.82. The molecule has 2 aromatic carbocycles. The number of aryl methyl sites for hydroxylation is 1. The van der Waals surface area contributed by atoms with Gasteiger partial charge < -0.3 is 20.4 Å². The Kier molecular flexibility index (Phi) is 5.02. The van der Waals surface area contributed by atoms with Gasteiger partial charge >= 0.3 is 0 Å². The number of sulfonamides is 1. The molecule has 9 nitrogen and oxygen atoms in total. The average Bonchev–Trinajstić information content (AvgIpc) is 3.23. The molecule has 4 N–H and O–H groups in total. The van der Waals surface area contributed by atoms with Crippen LogP contribution in [-0.2, 0) is 14.8 Å². The first kappa shape index (κ1) is 19.7. The van der Waals surface area contributed by atoms with Crippen LogP contribution in [0.4, 0.5) is 17.1 Å². The van der Waals surface area contributed by atoms with Gasteiger partial charge in [0.25, 0.3) is 11.8 Å². The number of hydrogen-bond acceptors (Lipinski definition) is 6. The number of carbonyl (C=O) groups excluding carboxylic acids is 2. The smallest absolute Gasteiger partial charge is 0.291 e.